The third kappa shape index (κ3) is 3.94. The van der Waals surface area contributed by atoms with Gasteiger partial charge in [0.25, 0.3) is 5.91 Å². The van der Waals surface area contributed by atoms with Gasteiger partial charge in [0.1, 0.15) is 0 Å². The zero-order chi connectivity index (χ0) is 19.0. The number of thioether (sulfide) groups is 1. The third-order valence-corrected chi connectivity index (χ3v) is 7.15. The van der Waals surface area contributed by atoms with Crippen molar-refractivity contribution in [3.8, 4) is 0 Å². The lowest BCUT2D eigenvalue weighted by Gasteiger charge is -2.17. The normalized spacial score (nSPS) is 18.8. The Hall–Kier alpha value is -1.34. The van der Waals surface area contributed by atoms with Gasteiger partial charge in [-0.25, -0.2) is 0 Å². The zero-order valence-electron chi connectivity index (χ0n) is 14.3. The Morgan fingerprint density at radius 2 is 1.74 bits per heavy atom. The van der Waals surface area contributed by atoms with Crippen LogP contribution in [0.2, 0.25) is 5.02 Å². The van der Waals surface area contributed by atoms with Crippen molar-refractivity contribution in [2.75, 3.05) is 22.9 Å². The molecule has 0 unspecified atom stereocenters. The molecule has 0 aliphatic carbocycles. The number of carbonyl (C=O) groups is 1. The number of nitrogens with zero attached hydrogens (tertiary/aromatic N) is 2. The molecule has 2 aliphatic rings. The van der Waals surface area contributed by atoms with E-state index in [-0.39, 0.29) is 5.91 Å². The van der Waals surface area contributed by atoms with Crippen LogP contribution in [0.1, 0.15) is 18.4 Å². The molecule has 0 saturated carbocycles. The molecule has 3 nitrogen and oxygen atoms in total. The van der Waals surface area contributed by atoms with E-state index in [2.05, 4.69) is 45.1 Å². The fourth-order valence-corrected chi connectivity index (χ4v) is 4.94. The molecule has 2 heterocycles. The highest BCUT2D eigenvalue weighted by molar-refractivity contribution is 9.10. The molecule has 2 saturated heterocycles. The van der Waals surface area contributed by atoms with Crippen molar-refractivity contribution in [3.63, 3.8) is 0 Å². The molecule has 7 heteroatoms. The third-order valence-electron chi connectivity index (χ3n) is 4.62. The number of benzene rings is 2. The summed E-state index contributed by atoms with van der Waals surface area (Å²) in [6.45, 7) is 2.24. The minimum atomic E-state index is -0.119. The van der Waals surface area contributed by atoms with Crippen LogP contribution in [0.5, 0.6) is 0 Å². The zero-order valence-corrected chi connectivity index (χ0v) is 18.3. The summed E-state index contributed by atoms with van der Waals surface area (Å²) in [5.41, 5.74) is 2.91. The van der Waals surface area contributed by atoms with Crippen LogP contribution in [0.15, 0.2) is 51.8 Å². The van der Waals surface area contributed by atoms with Crippen LogP contribution in [0.25, 0.3) is 6.08 Å². The van der Waals surface area contributed by atoms with Gasteiger partial charge in [-0.1, -0.05) is 47.7 Å². The van der Waals surface area contributed by atoms with Crippen molar-refractivity contribution in [1.82, 2.24) is 0 Å². The lowest BCUT2D eigenvalue weighted by molar-refractivity contribution is -0.113. The van der Waals surface area contributed by atoms with Gasteiger partial charge in [0, 0.05) is 23.2 Å². The van der Waals surface area contributed by atoms with E-state index in [1.807, 2.05) is 18.2 Å². The Bertz CT molecular complexity index is 939. The number of halogens is 2. The van der Waals surface area contributed by atoms with Crippen LogP contribution in [-0.2, 0) is 4.79 Å². The van der Waals surface area contributed by atoms with Gasteiger partial charge in [0.15, 0.2) is 4.32 Å². The molecule has 27 heavy (non-hydrogen) atoms. The molecule has 2 aliphatic heterocycles. The van der Waals surface area contributed by atoms with E-state index in [0.29, 0.717) is 19.9 Å². The monoisotopic (exact) mass is 478 g/mol. The Balaban J connectivity index is 1.56. The summed E-state index contributed by atoms with van der Waals surface area (Å²) < 4.78 is 1.30. The number of amides is 1. The summed E-state index contributed by atoms with van der Waals surface area (Å²) in [6, 6.07) is 13.7. The molecule has 0 spiro atoms. The van der Waals surface area contributed by atoms with Gasteiger partial charge in [-0.15, -0.1) is 0 Å². The van der Waals surface area contributed by atoms with Gasteiger partial charge >= 0.3 is 0 Å². The van der Waals surface area contributed by atoms with Crippen LogP contribution in [0, 0.1) is 0 Å². The Kier molecular flexibility index (Phi) is 5.60. The minimum absolute atomic E-state index is 0.119. The molecule has 0 atom stereocenters. The first-order chi connectivity index (χ1) is 13.0. The van der Waals surface area contributed by atoms with Crippen molar-refractivity contribution < 1.29 is 4.79 Å². The van der Waals surface area contributed by atoms with Crippen LogP contribution in [0.4, 0.5) is 11.4 Å². The molecular formula is C20H16BrClN2OS2. The number of hydrogen-bond acceptors (Lipinski definition) is 4. The molecule has 0 aromatic heterocycles. The van der Waals surface area contributed by atoms with E-state index in [0.717, 1.165) is 23.1 Å². The Morgan fingerprint density at radius 3 is 2.41 bits per heavy atom. The highest BCUT2D eigenvalue weighted by atomic mass is 79.9. The fraction of sp³-hybridized carbons (Fsp3) is 0.200. The number of anilines is 2. The number of carbonyl (C=O) groups excluding carboxylic acids is 1. The van der Waals surface area contributed by atoms with Gasteiger partial charge in [-0.3, -0.25) is 9.69 Å². The summed E-state index contributed by atoms with van der Waals surface area (Å²) in [5.74, 6) is -0.119. The fourth-order valence-electron chi connectivity index (χ4n) is 3.22. The summed E-state index contributed by atoms with van der Waals surface area (Å²) in [6.07, 6.45) is 4.40. The van der Waals surface area contributed by atoms with Crippen LogP contribution < -0.4 is 9.80 Å². The number of thiocarbonyl (C=S) groups is 1. The number of rotatable bonds is 3. The van der Waals surface area contributed by atoms with E-state index in [4.69, 9.17) is 23.8 Å². The van der Waals surface area contributed by atoms with Crippen molar-refractivity contribution in [2.45, 2.75) is 12.8 Å². The molecule has 2 fully saturated rings. The quantitative estimate of drug-likeness (QED) is 0.391. The highest BCUT2D eigenvalue weighted by Gasteiger charge is 2.33. The SMILES string of the molecule is O=C1/C(=C\c2ccc(N3CCCC3)cc2)SC(=S)N1c1ccc(Br)c(Cl)c1. The minimum Gasteiger partial charge on any atom is -0.372 e. The van der Waals surface area contributed by atoms with Crippen molar-refractivity contribution in [2.24, 2.45) is 0 Å². The van der Waals surface area contributed by atoms with E-state index in [1.54, 1.807) is 6.07 Å². The van der Waals surface area contributed by atoms with Gasteiger partial charge in [-0.05, 0) is 70.7 Å². The first-order valence-corrected chi connectivity index (χ1v) is 11.0. The van der Waals surface area contributed by atoms with Gasteiger partial charge in [0.2, 0.25) is 0 Å². The van der Waals surface area contributed by atoms with Gasteiger partial charge in [0.05, 0.1) is 15.6 Å². The second-order valence-electron chi connectivity index (χ2n) is 6.40. The smallest absolute Gasteiger partial charge is 0.270 e. The highest BCUT2D eigenvalue weighted by Crippen LogP contribution is 2.38. The average molecular weight is 480 g/mol. The van der Waals surface area contributed by atoms with E-state index < -0.39 is 0 Å². The molecule has 0 bridgehead atoms. The maximum absolute atomic E-state index is 12.9. The molecule has 1 amide bonds. The standard InChI is InChI=1S/C20H16BrClN2OS2/c21-16-8-7-15(12-17(16)22)24-19(25)18(27-20(24)26)11-13-3-5-14(6-4-13)23-9-1-2-10-23/h3-8,11-12H,1-2,9-10H2/b18-11+. The molecule has 4 rings (SSSR count). The van der Waals surface area contributed by atoms with Crippen LogP contribution in [-0.4, -0.2) is 23.3 Å². The molecule has 0 N–H and O–H groups in total. The first-order valence-electron chi connectivity index (χ1n) is 8.61. The average Bonchev–Trinajstić information content (AvgIpc) is 3.28. The Morgan fingerprint density at radius 1 is 1.07 bits per heavy atom. The molecule has 2 aromatic rings. The summed E-state index contributed by atoms with van der Waals surface area (Å²) in [4.78, 5) is 17.4. The maximum atomic E-state index is 12.9. The lowest BCUT2D eigenvalue weighted by Crippen LogP contribution is -2.27. The maximum Gasteiger partial charge on any atom is 0.270 e. The van der Waals surface area contributed by atoms with Gasteiger partial charge < -0.3 is 4.90 Å². The second-order valence-corrected chi connectivity index (χ2v) is 9.34. The molecule has 0 radical (unpaired) electrons. The van der Waals surface area contributed by atoms with Crippen molar-refractivity contribution in [3.05, 3.63) is 62.4 Å². The molecular weight excluding hydrogens is 464 g/mol. The van der Waals surface area contributed by atoms with Crippen molar-refractivity contribution in [1.29, 1.82) is 0 Å². The van der Waals surface area contributed by atoms with E-state index >= 15 is 0 Å². The van der Waals surface area contributed by atoms with E-state index in [1.165, 1.54) is 35.2 Å². The lowest BCUT2D eigenvalue weighted by atomic mass is 10.1. The topological polar surface area (TPSA) is 23.6 Å². The van der Waals surface area contributed by atoms with Crippen LogP contribution >= 0.6 is 51.5 Å². The summed E-state index contributed by atoms with van der Waals surface area (Å²) in [7, 11) is 0. The first kappa shape index (κ1) is 19.0. The van der Waals surface area contributed by atoms with E-state index in [9.17, 15) is 4.79 Å². The molecule has 2 aromatic carbocycles. The predicted octanol–water partition coefficient (Wildman–Crippen LogP) is 6.11. The Labute approximate surface area is 181 Å². The van der Waals surface area contributed by atoms with Gasteiger partial charge in [-0.2, -0.15) is 0 Å². The molecule has 138 valence electrons. The largest absolute Gasteiger partial charge is 0.372 e. The second kappa shape index (κ2) is 7.95. The van der Waals surface area contributed by atoms with Crippen molar-refractivity contribution >= 4 is 79.2 Å². The summed E-state index contributed by atoms with van der Waals surface area (Å²) in [5, 5.41) is 0.544. The predicted molar refractivity (Wildman–Crippen MR) is 123 cm³/mol. The summed E-state index contributed by atoms with van der Waals surface area (Å²) >= 11 is 16.3. The number of hydrogen-bond donors (Lipinski definition) is 0. The van der Waals surface area contributed by atoms with Crippen LogP contribution in [0.3, 0.4) is 0 Å².